The molecule has 0 amide bonds. The first-order chi connectivity index (χ1) is 8.16. The van der Waals surface area contributed by atoms with Crippen molar-refractivity contribution in [3.05, 3.63) is 64.8 Å². The van der Waals surface area contributed by atoms with Crippen LogP contribution in [0, 0.1) is 0 Å². The molecule has 1 aromatic rings. The Bertz CT molecular complexity index is 493. The van der Waals surface area contributed by atoms with Crippen molar-refractivity contribution < 1.29 is 0 Å². The van der Waals surface area contributed by atoms with Crippen LogP contribution in [0.25, 0.3) is 6.08 Å². The summed E-state index contributed by atoms with van der Waals surface area (Å²) in [5.74, 6) is 0. The number of benzene rings is 1. The van der Waals surface area contributed by atoms with Gasteiger partial charge in [-0.1, -0.05) is 36.4 Å². The number of hydrogen-bond donors (Lipinski definition) is 2. The van der Waals surface area contributed by atoms with Crippen LogP contribution in [0.4, 0.5) is 0 Å². The predicted molar refractivity (Wildman–Crippen MR) is 72.8 cm³/mol. The zero-order chi connectivity index (χ0) is 12.3. The SMILES string of the molecule is CC1=C(C)NC(/C=C/c2ccccc2)=C(C)N1. The van der Waals surface area contributed by atoms with Gasteiger partial charge in [-0.15, -0.1) is 0 Å². The monoisotopic (exact) mass is 226 g/mol. The van der Waals surface area contributed by atoms with Crippen LogP contribution >= 0.6 is 0 Å². The Kier molecular flexibility index (Phi) is 3.33. The Morgan fingerprint density at radius 1 is 0.765 bits per heavy atom. The van der Waals surface area contributed by atoms with E-state index in [-0.39, 0.29) is 0 Å². The predicted octanol–water partition coefficient (Wildman–Crippen LogP) is 3.38. The van der Waals surface area contributed by atoms with Crippen molar-refractivity contribution in [3.8, 4) is 0 Å². The first-order valence-electron chi connectivity index (χ1n) is 5.82. The lowest BCUT2D eigenvalue weighted by atomic mass is 10.1. The Morgan fingerprint density at radius 2 is 1.41 bits per heavy atom. The summed E-state index contributed by atoms with van der Waals surface area (Å²) in [6, 6.07) is 10.3. The van der Waals surface area contributed by atoms with E-state index in [0.29, 0.717) is 0 Å². The maximum atomic E-state index is 3.40. The number of rotatable bonds is 2. The molecule has 0 aliphatic carbocycles. The van der Waals surface area contributed by atoms with Crippen molar-refractivity contribution in [2.45, 2.75) is 20.8 Å². The van der Waals surface area contributed by atoms with Gasteiger partial charge >= 0.3 is 0 Å². The van der Waals surface area contributed by atoms with Gasteiger partial charge in [0.2, 0.25) is 0 Å². The molecule has 2 nitrogen and oxygen atoms in total. The minimum absolute atomic E-state index is 1.12. The summed E-state index contributed by atoms with van der Waals surface area (Å²) in [5.41, 5.74) is 5.83. The van der Waals surface area contributed by atoms with Crippen LogP contribution in [-0.4, -0.2) is 0 Å². The highest BCUT2D eigenvalue weighted by Crippen LogP contribution is 2.14. The molecule has 0 atom stereocenters. The molecule has 0 bridgehead atoms. The topological polar surface area (TPSA) is 24.1 Å². The van der Waals surface area contributed by atoms with E-state index < -0.39 is 0 Å². The van der Waals surface area contributed by atoms with E-state index >= 15 is 0 Å². The molecule has 0 unspecified atom stereocenters. The molecule has 2 heteroatoms. The fraction of sp³-hybridized carbons (Fsp3) is 0.200. The second-order valence-corrected chi connectivity index (χ2v) is 4.28. The van der Waals surface area contributed by atoms with Gasteiger partial charge in [0.05, 0.1) is 5.70 Å². The van der Waals surface area contributed by atoms with E-state index in [9.17, 15) is 0 Å². The van der Waals surface area contributed by atoms with E-state index in [1.807, 2.05) is 18.2 Å². The summed E-state index contributed by atoms with van der Waals surface area (Å²) in [4.78, 5) is 0. The maximum absolute atomic E-state index is 3.40. The Balaban J connectivity index is 2.15. The molecule has 1 aromatic carbocycles. The first-order valence-corrected chi connectivity index (χ1v) is 5.82. The molecule has 1 aliphatic rings. The van der Waals surface area contributed by atoms with Gasteiger partial charge in [0.1, 0.15) is 0 Å². The standard InChI is InChI=1S/C15H18N2/c1-11-12(2)17-15(13(3)16-11)10-9-14-7-5-4-6-8-14/h4-10,16-17H,1-3H3/b10-9+. The van der Waals surface area contributed by atoms with E-state index in [0.717, 1.165) is 11.4 Å². The first kappa shape index (κ1) is 11.5. The van der Waals surface area contributed by atoms with Crippen LogP contribution in [0.1, 0.15) is 26.3 Å². The van der Waals surface area contributed by atoms with E-state index in [1.165, 1.54) is 17.0 Å². The summed E-state index contributed by atoms with van der Waals surface area (Å²) in [5, 5.41) is 6.76. The third-order valence-electron chi connectivity index (χ3n) is 2.91. The van der Waals surface area contributed by atoms with Gasteiger partial charge in [0.15, 0.2) is 0 Å². The summed E-state index contributed by atoms with van der Waals surface area (Å²) < 4.78 is 0. The second kappa shape index (κ2) is 4.91. The lowest BCUT2D eigenvalue weighted by Crippen LogP contribution is -2.26. The molecule has 2 N–H and O–H groups in total. The highest BCUT2D eigenvalue weighted by molar-refractivity contribution is 5.53. The minimum Gasteiger partial charge on any atom is -0.360 e. The van der Waals surface area contributed by atoms with Crippen LogP contribution in [0.15, 0.2) is 59.2 Å². The largest absolute Gasteiger partial charge is 0.360 e. The van der Waals surface area contributed by atoms with Gasteiger partial charge in [-0.3, -0.25) is 0 Å². The molecule has 0 fully saturated rings. The Morgan fingerprint density at radius 3 is 2.12 bits per heavy atom. The summed E-state index contributed by atoms with van der Waals surface area (Å²) in [6.45, 7) is 6.22. The van der Waals surface area contributed by atoms with Gasteiger partial charge in [-0.05, 0) is 32.4 Å². The van der Waals surface area contributed by atoms with Crippen LogP contribution in [0.5, 0.6) is 0 Å². The van der Waals surface area contributed by atoms with Gasteiger partial charge in [-0.25, -0.2) is 0 Å². The Hall–Kier alpha value is -1.96. The molecule has 2 rings (SSSR count). The third-order valence-corrected chi connectivity index (χ3v) is 2.91. The molecule has 1 heterocycles. The third kappa shape index (κ3) is 2.78. The van der Waals surface area contributed by atoms with Crippen LogP contribution in [0.2, 0.25) is 0 Å². The van der Waals surface area contributed by atoms with E-state index in [2.05, 4.69) is 55.7 Å². The van der Waals surface area contributed by atoms with Crippen molar-refractivity contribution in [1.82, 2.24) is 10.6 Å². The fourth-order valence-electron chi connectivity index (χ4n) is 1.74. The van der Waals surface area contributed by atoms with Crippen molar-refractivity contribution >= 4 is 6.08 Å². The van der Waals surface area contributed by atoms with Gasteiger partial charge < -0.3 is 10.6 Å². The molecular weight excluding hydrogens is 208 g/mol. The molecule has 1 aliphatic heterocycles. The molecule has 88 valence electrons. The quantitative estimate of drug-likeness (QED) is 0.808. The van der Waals surface area contributed by atoms with Gasteiger partial charge in [0, 0.05) is 17.1 Å². The normalized spacial score (nSPS) is 16.2. The van der Waals surface area contributed by atoms with Gasteiger partial charge in [0.25, 0.3) is 0 Å². The summed E-state index contributed by atoms with van der Waals surface area (Å²) in [6.07, 6.45) is 4.22. The van der Waals surface area contributed by atoms with Crippen LogP contribution in [0.3, 0.4) is 0 Å². The fourth-order valence-corrected chi connectivity index (χ4v) is 1.74. The van der Waals surface area contributed by atoms with E-state index in [1.54, 1.807) is 0 Å². The van der Waals surface area contributed by atoms with Crippen molar-refractivity contribution in [3.63, 3.8) is 0 Å². The Labute approximate surface area is 103 Å². The summed E-state index contributed by atoms with van der Waals surface area (Å²) in [7, 11) is 0. The molecular formula is C15H18N2. The van der Waals surface area contributed by atoms with Crippen molar-refractivity contribution in [1.29, 1.82) is 0 Å². The molecule has 0 saturated heterocycles. The van der Waals surface area contributed by atoms with Gasteiger partial charge in [-0.2, -0.15) is 0 Å². The maximum Gasteiger partial charge on any atom is 0.0575 e. The molecule has 0 saturated carbocycles. The average Bonchev–Trinajstić information content (AvgIpc) is 2.33. The average molecular weight is 226 g/mol. The molecule has 0 aromatic heterocycles. The number of allylic oxidation sites excluding steroid dienone is 4. The lowest BCUT2D eigenvalue weighted by molar-refractivity contribution is 0.804. The molecule has 0 radical (unpaired) electrons. The smallest absolute Gasteiger partial charge is 0.0575 e. The summed E-state index contributed by atoms with van der Waals surface area (Å²) >= 11 is 0. The minimum atomic E-state index is 1.12. The van der Waals surface area contributed by atoms with Crippen molar-refractivity contribution in [2.75, 3.05) is 0 Å². The van der Waals surface area contributed by atoms with Crippen LogP contribution in [-0.2, 0) is 0 Å². The highest BCUT2D eigenvalue weighted by Gasteiger charge is 2.08. The van der Waals surface area contributed by atoms with E-state index in [4.69, 9.17) is 0 Å². The second-order valence-electron chi connectivity index (χ2n) is 4.28. The van der Waals surface area contributed by atoms with Crippen LogP contribution < -0.4 is 10.6 Å². The molecule has 0 spiro atoms. The zero-order valence-electron chi connectivity index (χ0n) is 10.5. The highest BCUT2D eigenvalue weighted by atomic mass is 15.0. The lowest BCUT2D eigenvalue weighted by Gasteiger charge is -2.22. The zero-order valence-corrected chi connectivity index (χ0v) is 10.5. The number of hydrogen-bond acceptors (Lipinski definition) is 2. The van der Waals surface area contributed by atoms with Crippen molar-refractivity contribution in [2.24, 2.45) is 0 Å². The molecule has 17 heavy (non-hydrogen) atoms. The number of nitrogens with one attached hydrogen (secondary N) is 2.